The van der Waals surface area contributed by atoms with E-state index >= 15 is 0 Å². The lowest BCUT2D eigenvalue weighted by Crippen LogP contribution is -2.21. The summed E-state index contributed by atoms with van der Waals surface area (Å²) in [6, 6.07) is 3.03. The van der Waals surface area contributed by atoms with E-state index in [0.29, 0.717) is 0 Å². The van der Waals surface area contributed by atoms with Gasteiger partial charge < -0.3 is 5.32 Å². The predicted molar refractivity (Wildman–Crippen MR) is 53.7 cm³/mol. The first-order chi connectivity index (χ1) is 5.95. The fourth-order valence-electron chi connectivity index (χ4n) is 1.78. The molecule has 2 heteroatoms. The minimum absolute atomic E-state index is 0.796. The van der Waals surface area contributed by atoms with Gasteiger partial charge in [-0.1, -0.05) is 0 Å². The standard InChI is InChI=1S/C10H15NS/c1-2-10(11-6-1)4-3-9-5-7-12-8-9/h5,7-8,10-11H,1-4,6H2. The minimum Gasteiger partial charge on any atom is -0.314 e. The second-order valence-corrected chi connectivity index (χ2v) is 4.24. The van der Waals surface area contributed by atoms with Crippen LogP contribution in [0.15, 0.2) is 16.8 Å². The van der Waals surface area contributed by atoms with Crippen LogP contribution < -0.4 is 5.32 Å². The molecule has 0 amide bonds. The number of hydrogen-bond acceptors (Lipinski definition) is 2. The van der Waals surface area contributed by atoms with Crippen LogP contribution in [0, 0.1) is 0 Å². The van der Waals surface area contributed by atoms with Gasteiger partial charge in [-0.05, 0) is 54.6 Å². The molecule has 1 aliphatic heterocycles. The lowest BCUT2D eigenvalue weighted by Gasteiger charge is -2.07. The highest BCUT2D eigenvalue weighted by Gasteiger charge is 2.13. The topological polar surface area (TPSA) is 12.0 Å². The van der Waals surface area contributed by atoms with E-state index in [1.165, 1.54) is 37.8 Å². The van der Waals surface area contributed by atoms with E-state index in [4.69, 9.17) is 0 Å². The van der Waals surface area contributed by atoms with Gasteiger partial charge >= 0.3 is 0 Å². The molecule has 2 rings (SSSR count). The molecule has 1 unspecified atom stereocenters. The van der Waals surface area contributed by atoms with Crippen molar-refractivity contribution in [2.75, 3.05) is 6.54 Å². The largest absolute Gasteiger partial charge is 0.314 e. The SMILES string of the molecule is c1cc(CCC2CCCN2)cs1. The van der Waals surface area contributed by atoms with Gasteiger partial charge in [0.05, 0.1) is 0 Å². The number of rotatable bonds is 3. The van der Waals surface area contributed by atoms with Gasteiger partial charge in [-0.2, -0.15) is 11.3 Å². The summed E-state index contributed by atoms with van der Waals surface area (Å²) in [6.07, 6.45) is 5.32. The Morgan fingerprint density at radius 2 is 2.58 bits per heavy atom. The van der Waals surface area contributed by atoms with Crippen molar-refractivity contribution >= 4 is 11.3 Å². The molecule has 0 aromatic carbocycles. The summed E-state index contributed by atoms with van der Waals surface area (Å²) in [5.74, 6) is 0. The third kappa shape index (κ3) is 2.08. The van der Waals surface area contributed by atoms with Crippen LogP contribution in [0.5, 0.6) is 0 Å². The quantitative estimate of drug-likeness (QED) is 0.755. The van der Waals surface area contributed by atoms with E-state index in [0.717, 1.165) is 6.04 Å². The second kappa shape index (κ2) is 4.06. The first-order valence-corrected chi connectivity index (χ1v) is 5.64. The maximum absolute atomic E-state index is 3.52. The van der Waals surface area contributed by atoms with Crippen LogP contribution in [0.1, 0.15) is 24.8 Å². The molecule has 66 valence electrons. The van der Waals surface area contributed by atoms with Gasteiger partial charge in [-0.3, -0.25) is 0 Å². The highest BCUT2D eigenvalue weighted by atomic mass is 32.1. The highest BCUT2D eigenvalue weighted by molar-refractivity contribution is 7.07. The summed E-state index contributed by atoms with van der Waals surface area (Å²) in [6.45, 7) is 1.23. The van der Waals surface area contributed by atoms with Gasteiger partial charge in [-0.25, -0.2) is 0 Å². The van der Waals surface area contributed by atoms with Crippen LogP contribution in [-0.4, -0.2) is 12.6 Å². The van der Waals surface area contributed by atoms with Gasteiger partial charge in [0.25, 0.3) is 0 Å². The lowest BCUT2D eigenvalue weighted by molar-refractivity contribution is 0.559. The molecule has 0 saturated carbocycles. The number of aryl methyl sites for hydroxylation is 1. The monoisotopic (exact) mass is 181 g/mol. The third-order valence-corrected chi connectivity index (χ3v) is 3.26. The molecule has 12 heavy (non-hydrogen) atoms. The average molecular weight is 181 g/mol. The van der Waals surface area contributed by atoms with Crippen molar-refractivity contribution < 1.29 is 0 Å². The normalized spacial score (nSPS) is 23.2. The molecule has 2 heterocycles. The Bertz CT molecular complexity index is 212. The molecule has 0 aliphatic carbocycles. The number of thiophene rings is 1. The van der Waals surface area contributed by atoms with Crippen molar-refractivity contribution in [3.63, 3.8) is 0 Å². The molecular weight excluding hydrogens is 166 g/mol. The molecule has 1 aromatic rings. The van der Waals surface area contributed by atoms with Crippen LogP contribution in [0.4, 0.5) is 0 Å². The molecule has 1 atom stereocenters. The van der Waals surface area contributed by atoms with Gasteiger partial charge in [0.2, 0.25) is 0 Å². The lowest BCUT2D eigenvalue weighted by atomic mass is 10.1. The van der Waals surface area contributed by atoms with Crippen LogP contribution in [0.2, 0.25) is 0 Å². The van der Waals surface area contributed by atoms with E-state index in [-0.39, 0.29) is 0 Å². The second-order valence-electron chi connectivity index (χ2n) is 3.46. The molecule has 1 aromatic heterocycles. The summed E-state index contributed by atoms with van der Waals surface area (Å²) in [4.78, 5) is 0. The number of hydrogen-bond donors (Lipinski definition) is 1. The van der Waals surface area contributed by atoms with E-state index < -0.39 is 0 Å². The van der Waals surface area contributed by atoms with Crippen molar-refractivity contribution in [1.29, 1.82) is 0 Å². The molecule has 1 nitrogen and oxygen atoms in total. The Morgan fingerprint density at radius 1 is 1.58 bits per heavy atom. The van der Waals surface area contributed by atoms with Crippen molar-refractivity contribution in [1.82, 2.24) is 5.32 Å². The molecule has 0 radical (unpaired) electrons. The summed E-state index contributed by atoms with van der Waals surface area (Å²) in [5.41, 5.74) is 1.51. The first-order valence-electron chi connectivity index (χ1n) is 4.69. The Morgan fingerprint density at radius 3 is 3.25 bits per heavy atom. The molecule has 0 spiro atoms. The zero-order valence-electron chi connectivity index (χ0n) is 7.25. The molecule has 1 aliphatic rings. The fraction of sp³-hybridized carbons (Fsp3) is 0.600. The molecular formula is C10H15NS. The van der Waals surface area contributed by atoms with Crippen molar-refractivity contribution in [2.24, 2.45) is 0 Å². The smallest absolute Gasteiger partial charge is 0.00707 e. The van der Waals surface area contributed by atoms with E-state index in [2.05, 4.69) is 22.1 Å². The van der Waals surface area contributed by atoms with Crippen LogP contribution in [0.3, 0.4) is 0 Å². The molecule has 1 saturated heterocycles. The molecule has 0 bridgehead atoms. The Kier molecular flexibility index (Phi) is 2.79. The summed E-state index contributed by atoms with van der Waals surface area (Å²) in [7, 11) is 0. The average Bonchev–Trinajstić information content (AvgIpc) is 2.74. The van der Waals surface area contributed by atoms with Crippen LogP contribution in [-0.2, 0) is 6.42 Å². The molecule has 1 N–H and O–H groups in total. The fourth-order valence-corrected chi connectivity index (χ4v) is 2.48. The maximum atomic E-state index is 3.52. The molecule has 1 fully saturated rings. The van der Waals surface area contributed by atoms with Crippen LogP contribution >= 0.6 is 11.3 Å². The van der Waals surface area contributed by atoms with Gasteiger partial charge in [0.1, 0.15) is 0 Å². The first kappa shape index (κ1) is 8.27. The highest BCUT2D eigenvalue weighted by Crippen LogP contribution is 2.14. The number of nitrogens with one attached hydrogen (secondary N) is 1. The third-order valence-electron chi connectivity index (χ3n) is 2.52. The van der Waals surface area contributed by atoms with E-state index in [1.54, 1.807) is 11.3 Å². The summed E-state index contributed by atoms with van der Waals surface area (Å²) >= 11 is 1.80. The summed E-state index contributed by atoms with van der Waals surface area (Å²) < 4.78 is 0. The Labute approximate surface area is 77.8 Å². The van der Waals surface area contributed by atoms with Gasteiger partial charge in [-0.15, -0.1) is 0 Å². The van der Waals surface area contributed by atoms with Gasteiger partial charge in [0, 0.05) is 6.04 Å². The van der Waals surface area contributed by atoms with Crippen molar-refractivity contribution in [2.45, 2.75) is 31.7 Å². The van der Waals surface area contributed by atoms with Crippen molar-refractivity contribution in [3.05, 3.63) is 22.4 Å². The van der Waals surface area contributed by atoms with E-state index in [9.17, 15) is 0 Å². The van der Waals surface area contributed by atoms with E-state index in [1.807, 2.05) is 0 Å². The zero-order valence-corrected chi connectivity index (χ0v) is 8.07. The minimum atomic E-state index is 0.796. The van der Waals surface area contributed by atoms with Gasteiger partial charge in [0.15, 0.2) is 0 Å². The zero-order chi connectivity index (χ0) is 8.23. The maximum Gasteiger partial charge on any atom is 0.00707 e. The van der Waals surface area contributed by atoms with Crippen molar-refractivity contribution in [3.8, 4) is 0 Å². The van der Waals surface area contributed by atoms with Crippen LogP contribution in [0.25, 0.3) is 0 Å². The summed E-state index contributed by atoms with van der Waals surface area (Å²) in [5, 5.41) is 7.95. The Balaban J connectivity index is 1.74. The predicted octanol–water partition coefficient (Wildman–Crippen LogP) is 2.43. The Hall–Kier alpha value is -0.340.